The van der Waals surface area contributed by atoms with Gasteiger partial charge in [0.1, 0.15) is 11.8 Å². The lowest BCUT2D eigenvalue weighted by atomic mass is 10.1. The van der Waals surface area contributed by atoms with Crippen molar-refractivity contribution in [3.05, 3.63) is 46.2 Å². The Morgan fingerprint density at radius 2 is 2.28 bits per heavy atom. The lowest BCUT2D eigenvalue weighted by molar-refractivity contribution is 0.413. The predicted molar refractivity (Wildman–Crippen MR) is 68.8 cm³/mol. The molecule has 0 bridgehead atoms. The Kier molecular flexibility index (Phi) is 3.54. The van der Waals surface area contributed by atoms with Crippen molar-refractivity contribution in [2.45, 2.75) is 13.5 Å². The highest BCUT2D eigenvalue weighted by Gasteiger charge is 2.06. The number of ether oxygens (including phenoxy) is 1. The summed E-state index contributed by atoms with van der Waals surface area (Å²) in [5.41, 5.74) is 2.29. The van der Waals surface area contributed by atoms with Gasteiger partial charge in [-0.1, -0.05) is 17.7 Å². The molecule has 0 atom stereocenters. The van der Waals surface area contributed by atoms with Crippen LogP contribution in [0.1, 0.15) is 16.8 Å². The minimum atomic E-state index is 0.518. The molecule has 5 heteroatoms. The molecule has 18 heavy (non-hydrogen) atoms. The minimum Gasteiger partial charge on any atom is -0.495 e. The highest BCUT2D eigenvalue weighted by molar-refractivity contribution is 6.31. The minimum absolute atomic E-state index is 0.518. The van der Waals surface area contributed by atoms with Crippen LogP contribution >= 0.6 is 11.6 Å². The summed E-state index contributed by atoms with van der Waals surface area (Å²) < 4.78 is 6.85. The quantitative estimate of drug-likeness (QED) is 0.854. The van der Waals surface area contributed by atoms with Crippen LogP contribution in [0.5, 0.6) is 5.75 Å². The van der Waals surface area contributed by atoms with E-state index in [1.807, 2.05) is 13.0 Å². The highest BCUT2D eigenvalue weighted by Crippen LogP contribution is 2.20. The molecule has 2 rings (SSSR count). The van der Waals surface area contributed by atoms with Gasteiger partial charge in [0.25, 0.3) is 0 Å². The molecule has 0 spiro atoms. The lowest BCUT2D eigenvalue weighted by Gasteiger charge is -2.06. The van der Waals surface area contributed by atoms with Crippen LogP contribution < -0.4 is 4.74 Å². The third kappa shape index (κ3) is 2.47. The maximum absolute atomic E-state index is 9.01. The molecule has 0 aliphatic heterocycles. The molecule has 0 saturated carbocycles. The first-order valence-corrected chi connectivity index (χ1v) is 5.78. The second kappa shape index (κ2) is 5.11. The summed E-state index contributed by atoms with van der Waals surface area (Å²) >= 11 is 5.95. The first-order chi connectivity index (χ1) is 8.63. The third-order valence-electron chi connectivity index (χ3n) is 2.62. The van der Waals surface area contributed by atoms with Gasteiger partial charge in [-0.15, -0.1) is 0 Å². The Morgan fingerprint density at radius 1 is 1.50 bits per heavy atom. The zero-order chi connectivity index (χ0) is 13.1. The van der Waals surface area contributed by atoms with E-state index in [0.717, 1.165) is 11.3 Å². The van der Waals surface area contributed by atoms with E-state index >= 15 is 0 Å². The molecular formula is C13H12ClN3O. The van der Waals surface area contributed by atoms with Gasteiger partial charge in [-0.2, -0.15) is 10.4 Å². The zero-order valence-electron chi connectivity index (χ0n) is 10.1. The number of aryl methyl sites for hydroxylation is 1. The maximum Gasteiger partial charge on any atom is 0.136 e. The Hall–Kier alpha value is -1.99. The average molecular weight is 262 g/mol. The van der Waals surface area contributed by atoms with E-state index in [1.54, 1.807) is 30.1 Å². The van der Waals surface area contributed by atoms with Crippen molar-refractivity contribution in [2.75, 3.05) is 7.11 Å². The molecule has 0 unspecified atom stereocenters. The molecule has 2 aromatic rings. The van der Waals surface area contributed by atoms with Crippen molar-refractivity contribution in [3.63, 3.8) is 0 Å². The molecule has 0 aliphatic rings. The Balaban J connectivity index is 2.27. The number of nitriles is 1. The van der Waals surface area contributed by atoms with Gasteiger partial charge in [0.05, 0.1) is 29.9 Å². The topological polar surface area (TPSA) is 50.8 Å². The van der Waals surface area contributed by atoms with Crippen molar-refractivity contribution >= 4 is 11.6 Å². The Morgan fingerprint density at radius 3 is 2.83 bits per heavy atom. The van der Waals surface area contributed by atoms with E-state index in [4.69, 9.17) is 21.6 Å². The summed E-state index contributed by atoms with van der Waals surface area (Å²) in [5, 5.41) is 13.9. The van der Waals surface area contributed by atoms with Crippen LogP contribution in [0.25, 0.3) is 0 Å². The molecule has 0 N–H and O–H groups in total. The summed E-state index contributed by atoms with van der Waals surface area (Å²) in [6, 6.07) is 7.59. The summed E-state index contributed by atoms with van der Waals surface area (Å²) in [5.74, 6) is 0.580. The maximum atomic E-state index is 9.01. The normalized spacial score (nSPS) is 10.1. The van der Waals surface area contributed by atoms with Crippen molar-refractivity contribution in [1.82, 2.24) is 9.78 Å². The number of rotatable bonds is 3. The molecular weight excluding hydrogens is 250 g/mol. The predicted octanol–water partition coefficient (Wildman–Crippen LogP) is 2.77. The number of hydrogen-bond donors (Lipinski definition) is 0. The van der Waals surface area contributed by atoms with E-state index in [-0.39, 0.29) is 0 Å². The van der Waals surface area contributed by atoms with E-state index in [2.05, 4.69) is 11.2 Å². The van der Waals surface area contributed by atoms with Crippen molar-refractivity contribution in [2.24, 2.45) is 0 Å². The second-order valence-corrected chi connectivity index (χ2v) is 4.31. The number of nitrogens with zero attached hydrogens (tertiary/aromatic N) is 3. The molecule has 0 aliphatic carbocycles. The SMILES string of the molecule is COc1ccc(Cn2cc(Cl)c(C)n2)cc1C#N. The van der Waals surface area contributed by atoms with Gasteiger partial charge in [-0.05, 0) is 24.6 Å². The summed E-state index contributed by atoms with van der Waals surface area (Å²) in [6.45, 7) is 2.43. The molecule has 0 fully saturated rings. The van der Waals surface area contributed by atoms with Gasteiger partial charge in [0, 0.05) is 6.20 Å². The first kappa shape index (κ1) is 12.5. The molecule has 1 heterocycles. The number of halogens is 1. The average Bonchev–Trinajstić information content (AvgIpc) is 2.68. The van der Waals surface area contributed by atoms with Crippen LogP contribution in [-0.4, -0.2) is 16.9 Å². The van der Waals surface area contributed by atoms with Crippen molar-refractivity contribution < 1.29 is 4.74 Å². The van der Waals surface area contributed by atoms with Gasteiger partial charge in [0.15, 0.2) is 0 Å². The fourth-order valence-electron chi connectivity index (χ4n) is 1.70. The van der Waals surface area contributed by atoms with Crippen LogP contribution in [0.3, 0.4) is 0 Å². The number of hydrogen-bond acceptors (Lipinski definition) is 3. The van der Waals surface area contributed by atoms with E-state index < -0.39 is 0 Å². The molecule has 0 saturated heterocycles. The molecule has 1 aromatic heterocycles. The molecule has 0 amide bonds. The van der Waals surface area contributed by atoms with Crippen molar-refractivity contribution in [1.29, 1.82) is 5.26 Å². The molecule has 0 radical (unpaired) electrons. The van der Waals surface area contributed by atoms with Crippen LogP contribution in [0, 0.1) is 18.3 Å². The summed E-state index contributed by atoms with van der Waals surface area (Å²) in [6.07, 6.45) is 1.77. The van der Waals surface area contributed by atoms with Gasteiger partial charge >= 0.3 is 0 Å². The van der Waals surface area contributed by atoms with Gasteiger partial charge in [0.2, 0.25) is 0 Å². The Bertz CT molecular complexity index is 594. The summed E-state index contributed by atoms with van der Waals surface area (Å²) in [4.78, 5) is 0. The first-order valence-electron chi connectivity index (χ1n) is 5.40. The highest BCUT2D eigenvalue weighted by atomic mass is 35.5. The summed E-state index contributed by atoms with van der Waals surface area (Å²) in [7, 11) is 1.55. The second-order valence-electron chi connectivity index (χ2n) is 3.91. The van der Waals surface area contributed by atoms with Crippen LogP contribution in [0.2, 0.25) is 5.02 Å². The molecule has 92 valence electrons. The fraction of sp³-hybridized carbons (Fsp3) is 0.231. The Labute approximate surface area is 110 Å². The van der Waals surface area contributed by atoms with E-state index in [9.17, 15) is 0 Å². The third-order valence-corrected chi connectivity index (χ3v) is 2.99. The number of methoxy groups -OCH3 is 1. The van der Waals surface area contributed by atoms with Crippen LogP contribution in [0.15, 0.2) is 24.4 Å². The number of aromatic nitrogens is 2. The number of benzene rings is 1. The molecule has 1 aromatic carbocycles. The fourth-order valence-corrected chi connectivity index (χ4v) is 1.85. The van der Waals surface area contributed by atoms with E-state index in [1.165, 1.54) is 0 Å². The largest absolute Gasteiger partial charge is 0.495 e. The monoisotopic (exact) mass is 261 g/mol. The van der Waals surface area contributed by atoms with Crippen LogP contribution in [0.4, 0.5) is 0 Å². The smallest absolute Gasteiger partial charge is 0.136 e. The van der Waals surface area contributed by atoms with Gasteiger partial charge in [-0.25, -0.2) is 0 Å². The molecule has 4 nitrogen and oxygen atoms in total. The van der Waals surface area contributed by atoms with Gasteiger partial charge in [-0.3, -0.25) is 4.68 Å². The van der Waals surface area contributed by atoms with E-state index in [0.29, 0.717) is 22.9 Å². The van der Waals surface area contributed by atoms with Crippen LogP contribution in [-0.2, 0) is 6.54 Å². The lowest BCUT2D eigenvalue weighted by Crippen LogP contribution is -2.01. The standard InChI is InChI=1S/C13H12ClN3O/c1-9-12(14)8-17(16-9)7-10-3-4-13(18-2)11(5-10)6-15/h3-5,8H,7H2,1-2H3. The van der Waals surface area contributed by atoms with Gasteiger partial charge < -0.3 is 4.74 Å². The zero-order valence-corrected chi connectivity index (χ0v) is 10.9. The van der Waals surface area contributed by atoms with Crippen molar-refractivity contribution in [3.8, 4) is 11.8 Å².